The van der Waals surface area contributed by atoms with Gasteiger partial charge in [-0.1, -0.05) is 5.92 Å². The van der Waals surface area contributed by atoms with Gasteiger partial charge in [0, 0.05) is 0 Å². The van der Waals surface area contributed by atoms with Gasteiger partial charge in [-0.3, -0.25) is 0 Å². The fourth-order valence-electron chi connectivity index (χ4n) is 2.43. The molecule has 0 fully saturated rings. The summed E-state index contributed by atoms with van der Waals surface area (Å²) in [6.07, 6.45) is 6.99. The van der Waals surface area contributed by atoms with Crippen LogP contribution in [0.25, 0.3) is 11.6 Å². The number of halogens is 1. The minimum absolute atomic E-state index is 0.124. The van der Waals surface area contributed by atoms with Crippen molar-refractivity contribution in [2.75, 3.05) is 27.9 Å². The van der Waals surface area contributed by atoms with E-state index < -0.39 is 0 Å². The van der Waals surface area contributed by atoms with E-state index in [0.717, 1.165) is 5.56 Å². The second-order valence-electron chi connectivity index (χ2n) is 5.27. The van der Waals surface area contributed by atoms with Crippen molar-refractivity contribution in [2.24, 2.45) is 0 Å². The summed E-state index contributed by atoms with van der Waals surface area (Å²) >= 11 is 3.46. The lowest BCUT2D eigenvalue weighted by molar-refractivity contribution is 0.329. The molecule has 0 spiro atoms. The van der Waals surface area contributed by atoms with Crippen LogP contribution in [0.4, 0.5) is 0 Å². The van der Waals surface area contributed by atoms with E-state index in [-0.39, 0.29) is 6.61 Å². The number of rotatable bonds is 7. The van der Waals surface area contributed by atoms with Crippen molar-refractivity contribution in [3.8, 4) is 41.4 Å². The van der Waals surface area contributed by atoms with Crippen molar-refractivity contribution in [1.82, 2.24) is 0 Å². The molecule has 6 heteroatoms. The SMILES string of the molecule is C#CCOc1c(Br)cc(/C=C(\C#N)c2ccc(OC)c(OC)c2)cc1OC. The number of nitrogens with zero attached hydrogens (tertiary/aromatic N) is 1. The van der Waals surface area contributed by atoms with E-state index in [1.54, 1.807) is 44.6 Å². The zero-order valence-electron chi connectivity index (χ0n) is 15.2. The molecule has 0 N–H and O–H groups in total. The Morgan fingerprint density at radius 1 is 1.07 bits per heavy atom. The first-order valence-electron chi connectivity index (χ1n) is 7.85. The van der Waals surface area contributed by atoms with Crippen LogP contribution in [0.2, 0.25) is 0 Å². The summed E-state index contributed by atoms with van der Waals surface area (Å²) in [5.74, 6) is 4.58. The quantitative estimate of drug-likeness (QED) is 0.368. The van der Waals surface area contributed by atoms with Crippen LogP contribution in [0.15, 0.2) is 34.8 Å². The molecule has 0 saturated heterocycles. The van der Waals surface area contributed by atoms with E-state index >= 15 is 0 Å². The molecule has 138 valence electrons. The second kappa shape index (κ2) is 9.56. The van der Waals surface area contributed by atoms with Gasteiger partial charge in [0.15, 0.2) is 23.0 Å². The van der Waals surface area contributed by atoms with Crippen LogP contribution in [0.1, 0.15) is 11.1 Å². The Bertz CT molecular complexity index is 938. The molecule has 2 aromatic carbocycles. The zero-order valence-corrected chi connectivity index (χ0v) is 16.8. The van der Waals surface area contributed by atoms with Crippen LogP contribution in [0, 0.1) is 23.7 Å². The third-order valence-corrected chi connectivity index (χ3v) is 4.27. The maximum atomic E-state index is 9.62. The van der Waals surface area contributed by atoms with Gasteiger partial charge in [0.2, 0.25) is 0 Å². The summed E-state index contributed by atoms with van der Waals surface area (Å²) < 4.78 is 22.1. The third-order valence-electron chi connectivity index (χ3n) is 3.68. The third kappa shape index (κ3) is 4.75. The van der Waals surface area contributed by atoms with Crippen molar-refractivity contribution in [2.45, 2.75) is 0 Å². The van der Waals surface area contributed by atoms with Crippen molar-refractivity contribution in [1.29, 1.82) is 5.26 Å². The average molecular weight is 428 g/mol. The van der Waals surface area contributed by atoms with Gasteiger partial charge in [-0.15, -0.1) is 6.42 Å². The lowest BCUT2D eigenvalue weighted by Gasteiger charge is -2.12. The first-order valence-corrected chi connectivity index (χ1v) is 8.65. The van der Waals surface area contributed by atoms with E-state index in [1.165, 1.54) is 7.11 Å². The molecule has 5 nitrogen and oxygen atoms in total. The van der Waals surface area contributed by atoms with Crippen LogP contribution in [0.5, 0.6) is 23.0 Å². The maximum Gasteiger partial charge on any atom is 0.176 e. The number of ether oxygens (including phenoxy) is 4. The predicted molar refractivity (Wildman–Crippen MR) is 108 cm³/mol. The van der Waals surface area contributed by atoms with E-state index in [4.69, 9.17) is 25.4 Å². The van der Waals surface area contributed by atoms with Crippen molar-refractivity contribution < 1.29 is 18.9 Å². The lowest BCUT2D eigenvalue weighted by atomic mass is 10.0. The average Bonchev–Trinajstić information content (AvgIpc) is 2.70. The number of allylic oxidation sites excluding steroid dienone is 1. The van der Waals surface area contributed by atoms with Gasteiger partial charge < -0.3 is 18.9 Å². The van der Waals surface area contributed by atoms with E-state index in [9.17, 15) is 5.26 Å². The molecule has 0 radical (unpaired) electrons. The highest BCUT2D eigenvalue weighted by atomic mass is 79.9. The van der Waals surface area contributed by atoms with Gasteiger partial charge in [-0.05, 0) is 63.5 Å². The van der Waals surface area contributed by atoms with Crippen LogP contribution >= 0.6 is 15.9 Å². The minimum Gasteiger partial charge on any atom is -0.493 e. The monoisotopic (exact) mass is 427 g/mol. The van der Waals surface area contributed by atoms with Gasteiger partial charge in [-0.2, -0.15) is 5.26 Å². The fourth-order valence-corrected chi connectivity index (χ4v) is 3.00. The molecule has 0 amide bonds. The van der Waals surface area contributed by atoms with Gasteiger partial charge in [0.25, 0.3) is 0 Å². The lowest BCUT2D eigenvalue weighted by Crippen LogP contribution is -1.98. The molecule has 2 aromatic rings. The highest BCUT2D eigenvalue weighted by molar-refractivity contribution is 9.10. The van der Waals surface area contributed by atoms with E-state index in [1.807, 2.05) is 6.07 Å². The molecular weight excluding hydrogens is 410 g/mol. The van der Waals surface area contributed by atoms with Crippen molar-refractivity contribution >= 4 is 27.6 Å². The number of hydrogen-bond donors (Lipinski definition) is 0. The molecule has 2 rings (SSSR count). The predicted octanol–water partition coefficient (Wildman–Crippen LogP) is 4.55. The van der Waals surface area contributed by atoms with Crippen LogP contribution < -0.4 is 18.9 Å². The summed E-state index contributed by atoms with van der Waals surface area (Å²) in [5.41, 5.74) is 1.93. The molecule has 0 bridgehead atoms. The molecule has 0 aliphatic rings. The largest absolute Gasteiger partial charge is 0.493 e. The molecule has 0 heterocycles. The van der Waals surface area contributed by atoms with Gasteiger partial charge in [0.05, 0.1) is 37.4 Å². The Hall–Kier alpha value is -3.09. The fraction of sp³-hybridized carbons (Fsp3) is 0.190. The minimum atomic E-state index is 0.124. The number of methoxy groups -OCH3 is 3. The standard InChI is InChI=1S/C21H18BrNO4/c1-5-8-27-21-17(22)10-14(11-20(21)26-4)9-16(13-23)15-6-7-18(24-2)19(12-15)25-3/h1,6-7,9-12H,8H2,2-4H3/b16-9+. The highest BCUT2D eigenvalue weighted by Crippen LogP contribution is 2.38. The maximum absolute atomic E-state index is 9.62. The van der Waals surface area contributed by atoms with Gasteiger partial charge >= 0.3 is 0 Å². The normalized spacial score (nSPS) is 10.5. The molecule has 0 saturated carbocycles. The summed E-state index contributed by atoms with van der Waals surface area (Å²) in [6, 6.07) is 11.1. The molecule has 0 atom stereocenters. The Morgan fingerprint density at radius 2 is 1.78 bits per heavy atom. The number of nitriles is 1. The summed E-state index contributed by atoms with van der Waals surface area (Å²) in [7, 11) is 4.65. The van der Waals surface area contributed by atoms with Crippen molar-refractivity contribution in [3.63, 3.8) is 0 Å². The first-order chi connectivity index (χ1) is 13.1. The topological polar surface area (TPSA) is 60.7 Å². The van der Waals surface area contributed by atoms with E-state index in [0.29, 0.717) is 38.6 Å². The van der Waals surface area contributed by atoms with Crippen LogP contribution in [-0.4, -0.2) is 27.9 Å². The van der Waals surface area contributed by atoms with E-state index in [2.05, 4.69) is 27.9 Å². The molecule has 0 aliphatic heterocycles. The van der Waals surface area contributed by atoms with Crippen molar-refractivity contribution in [3.05, 3.63) is 45.9 Å². The molecule has 0 aromatic heterocycles. The second-order valence-corrected chi connectivity index (χ2v) is 6.12. The first kappa shape index (κ1) is 20.2. The molecule has 0 aliphatic carbocycles. The van der Waals surface area contributed by atoms with Gasteiger partial charge in [0.1, 0.15) is 6.61 Å². The highest BCUT2D eigenvalue weighted by Gasteiger charge is 2.13. The van der Waals surface area contributed by atoms with Gasteiger partial charge in [-0.25, -0.2) is 0 Å². The Labute approximate surface area is 167 Å². The molecular formula is C21H18BrNO4. The van der Waals surface area contributed by atoms with Crippen LogP contribution in [0.3, 0.4) is 0 Å². The summed E-state index contributed by atoms with van der Waals surface area (Å²) in [6.45, 7) is 0.124. The summed E-state index contributed by atoms with van der Waals surface area (Å²) in [4.78, 5) is 0. The number of benzene rings is 2. The smallest absolute Gasteiger partial charge is 0.176 e. The zero-order chi connectivity index (χ0) is 19.8. The Kier molecular flexibility index (Phi) is 7.16. The Balaban J connectivity index is 2.48. The molecule has 27 heavy (non-hydrogen) atoms. The number of terminal acetylenes is 1. The number of hydrogen-bond acceptors (Lipinski definition) is 5. The molecule has 0 unspecified atom stereocenters. The summed E-state index contributed by atoms with van der Waals surface area (Å²) in [5, 5.41) is 9.62. The Morgan fingerprint density at radius 3 is 2.37 bits per heavy atom. The van der Waals surface area contributed by atoms with Crippen LogP contribution in [-0.2, 0) is 0 Å².